The molecule has 138 valence electrons. The third kappa shape index (κ3) is 3.58. The van der Waals surface area contributed by atoms with Crippen LogP contribution in [0.3, 0.4) is 0 Å². The summed E-state index contributed by atoms with van der Waals surface area (Å²) in [7, 11) is 0. The molecule has 0 amide bonds. The van der Waals surface area contributed by atoms with Crippen molar-refractivity contribution in [2.45, 2.75) is 48.8 Å². The van der Waals surface area contributed by atoms with Crippen molar-refractivity contribution in [3.8, 4) is 5.69 Å². The molecule has 3 heterocycles. The van der Waals surface area contributed by atoms with Crippen molar-refractivity contribution in [2.75, 3.05) is 19.0 Å². The summed E-state index contributed by atoms with van der Waals surface area (Å²) in [6.45, 7) is 7.49. The first-order valence-electron chi connectivity index (χ1n) is 8.78. The molecule has 2 aromatic rings. The van der Waals surface area contributed by atoms with Gasteiger partial charge in [-0.2, -0.15) is 0 Å². The molecule has 4 rings (SSSR count). The topological polar surface area (TPSA) is 53.4 Å². The molecule has 0 saturated carbocycles. The molecule has 7 heteroatoms. The van der Waals surface area contributed by atoms with Crippen LogP contribution in [0.1, 0.15) is 23.7 Å². The van der Waals surface area contributed by atoms with Crippen molar-refractivity contribution >= 4 is 23.5 Å². The van der Waals surface area contributed by atoms with E-state index in [0.29, 0.717) is 29.4 Å². The van der Waals surface area contributed by atoms with Gasteiger partial charge in [-0.1, -0.05) is 24.8 Å². The molecule has 0 N–H and O–H groups in total. The molecule has 0 aliphatic carbocycles. The Morgan fingerprint density at radius 2 is 1.92 bits per heavy atom. The maximum absolute atomic E-state index is 13.3. The predicted octanol–water partition coefficient (Wildman–Crippen LogP) is 3.35. The lowest BCUT2D eigenvalue weighted by Gasteiger charge is -2.16. The summed E-state index contributed by atoms with van der Waals surface area (Å²) >= 11 is 3.16. The van der Waals surface area contributed by atoms with Crippen LogP contribution in [-0.4, -0.2) is 40.1 Å². The molecule has 0 spiro atoms. The number of rotatable bonds is 4. The van der Waals surface area contributed by atoms with Gasteiger partial charge < -0.3 is 9.47 Å². The minimum atomic E-state index is -0.230. The van der Waals surface area contributed by atoms with E-state index >= 15 is 0 Å². The largest absolute Gasteiger partial charge is 0.349 e. The summed E-state index contributed by atoms with van der Waals surface area (Å²) in [5.74, 6) is 0.624. The van der Waals surface area contributed by atoms with Gasteiger partial charge >= 0.3 is 0 Å². The third-order valence-electron chi connectivity index (χ3n) is 4.39. The standard InChI is InChI=1S/C19H22N2O3S2/c1-11-6-12(2)8-14(7-11)21-18(22)17-15(9-13(3)26-17)20-19(21)25-10-16-23-4-5-24-16/h6-8,13,16H,4-5,9-10H2,1-3H3. The fraction of sp³-hybridized carbons (Fsp3) is 0.474. The Labute approximate surface area is 161 Å². The number of hydrogen-bond acceptors (Lipinski definition) is 6. The molecule has 1 saturated heterocycles. The fourth-order valence-electron chi connectivity index (χ4n) is 3.35. The molecular formula is C19H22N2O3S2. The molecule has 1 fully saturated rings. The average molecular weight is 391 g/mol. The Balaban J connectivity index is 1.79. The second-order valence-corrected chi connectivity index (χ2v) is 9.21. The molecule has 1 aromatic heterocycles. The summed E-state index contributed by atoms with van der Waals surface area (Å²) in [6, 6.07) is 6.19. The van der Waals surface area contributed by atoms with Gasteiger partial charge in [0.05, 0.1) is 35.2 Å². The minimum absolute atomic E-state index is 0.0325. The molecule has 1 unspecified atom stereocenters. The number of thioether (sulfide) groups is 2. The average Bonchev–Trinajstić information content (AvgIpc) is 3.21. The number of aryl methyl sites for hydroxylation is 2. The van der Waals surface area contributed by atoms with Gasteiger partial charge in [0.15, 0.2) is 11.4 Å². The number of fused-ring (bicyclic) bond motifs is 1. The Morgan fingerprint density at radius 1 is 1.23 bits per heavy atom. The van der Waals surface area contributed by atoms with Crippen LogP contribution in [0.2, 0.25) is 0 Å². The van der Waals surface area contributed by atoms with Gasteiger partial charge in [0.25, 0.3) is 5.56 Å². The highest BCUT2D eigenvalue weighted by Gasteiger charge is 2.27. The molecule has 1 atom stereocenters. The number of ether oxygens (including phenoxy) is 2. The summed E-state index contributed by atoms with van der Waals surface area (Å²) in [6.07, 6.45) is 0.610. The van der Waals surface area contributed by atoms with Crippen molar-refractivity contribution < 1.29 is 9.47 Å². The van der Waals surface area contributed by atoms with Crippen molar-refractivity contribution in [3.05, 3.63) is 45.4 Å². The van der Waals surface area contributed by atoms with Crippen molar-refractivity contribution in [1.29, 1.82) is 0 Å². The highest BCUT2D eigenvalue weighted by Crippen LogP contribution is 2.35. The summed E-state index contributed by atoms with van der Waals surface area (Å²) in [5, 5.41) is 1.10. The SMILES string of the molecule is Cc1cc(C)cc(-n2c(SCC3OCCO3)nc3c(c2=O)SC(C)C3)c1. The molecule has 0 radical (unpaired) electrons. The van der Waals surface area contributed by atoms with Gasteiger partial charge in [0.1, 0.15) is 0 Å². The molecule has 2 aliphatic heterocycles. The van der Waals surface area contributed by atoms with Gasteiger partial charge in [-0.3, -0.25) is 9.36 Å². The van der Waals surface area contributed by atoms with Crippen LogP contribution < -0.4 is 5.56 Å². The third-order valence-corrected chi connectivity index (χ3v) is 6.57. The highest BCUT2D eigenvalue weighted by atomic mass is 32.2. The van der Waals surface area contributed by atoms with Crippen LogP contribution >= 0.6 is 23.5 Å². The Bertz CT molecular complexity index is 871. The van der Waals surface area contributed by atoms with E-state index in [4.69, 9.17) is 14.5 Å². The van der Waals surface area contributed by atoms with Crippen LogP contribution in [-0.2, 0) is 15.9 Å². The number of hydrogen-bond donors (Lipinski definition) is 0. The zero-order chi connectivity index (χ0) is 18.3. The first-order valence-corrected chi connectivity index (χ1v) is 10.6. The van der Waals surface area contributed by atoms with Gasteiger partial charge in [-0.15, -0.1) is 11.8 Å². The van der Waals surface area contributed by atoms with Gasteiger partial charge in [0.2, 0.25) is 0 Å². The van der Waals surface area contributed by atoms with E-state index in [0.717, 1.165) is 33.8 Å². The molecule has 5 nitrogen and oxygen atoms in total. The number of nitrogens with zero attached hydrogens (tertiary/aromatic N) is 2. The Kier molecular flexibility index (Phi) is 5.14. The second-order valence-electron chi connectivity index (χ2n) is 6.77. The maximum Gasteiger partial charge on any atom is 0.272 e. The molecule has 1 aromatic carbocycles. The first-order chi connectivity index (χ1) is 12.5. The monoisotopic (exact) mass is 390 g/mol. The van der Waals surface area contributed by atoms with E-state index < -0.39 is 0 Å². The van der Waals surface area contributed by atoms with Gasteiger partial charge in [-0.05, 0) is 37.1 Å². The number of benzene rings is 1. The normalized spacial score (nSPS) is 19.9. The second kappa shape index (κ2) is 7.38. The van der Waals surface area contributed by atoms with E-state index in [-0.39, 0.29) is 11.8 Å². The lowest BCUT2D eigenvalue weighted by atomic mass is 10.1. The smallest absolute Gasteiger partial charge is 0.272 e. The molecule has 2 aliphatic rings. The fourth-order valence-corrected chi connectivity index (χ4v) is 5.42. The predicted molar refractivity (Wildman–Crippen MR) is 105 cm³/mol. The summed E-state index contributed by atoms with van der Waals surface area (Å²) in [5.41, 5.74) is 4.09. The Hall–Kier alpha value is -1.28. The van der Waals surface area contributed by atoms with Crippen molar-refractivity contribution in [2.24, 2.45) is 0 Å². The summed E-state index contributed by atoms with van der Waals surface area (Å²) in [4.78, 5) is 18.9. The van der Waals surface area contributed by atoms with E-state index in [1.165, 1.54) is 11.8 Å². The molecular weight excluding hydrogens is 368 g/mol. The van der Waals surface area contributed by atoms with Crippen LogP contribution in [0.5, 0.6) is 0 Å². The Morgan fingerprint density at radius 3 is 2.62 bits per heavy atom. The highest BCUT2D eigenvalue weighted by molar-refractivity contribution is 8.00. The van der Waals surface area contributed by atoms with Crippen LogP contribution in [0.15, 0.2) is 33.0 Å². The van der Waals surface area contributed by atoms with Crippen LogP contribution in [0.25, 0.3) is 5.69 Å². The zero-order valence-electron chi connectivity index (χ0n) is 15.2. The van der Waals surface area contributed by atoms with Crippen LogP contribution in [0, 0.1) is 13.8 Å². The van der Waals surface area contributed by atoms with Gasteiger partial charge in [0, 0.05) is 11.7 Å². The van der Waals surface area contributed by atoms with Crippen LogP contribution in [0.4, 0.5) is 0 Å². The quantitative estimate of drug-likeness (QED) is 0.589. The molecule has 0 bridgehead atoms. The van der Waals surface area contributed by atoms with Crippen molar-refractivity contribution in [1.82, 2.24) is 9.55 Å². The minimum Gasteiger partial charge on any atom is -0.349 e. The lowest BCUT2D eigenvalue weighted by Crippen LogP contribution is -2.24. The maximum atomic E-state index is 13.3. The van der Waals surface area contributed by atoms with Crippen molar-refractivity contribution in [3.63, 3.8) is 0 Å². The van der Waals surface area contributed by atoms with Gasteiger partial charge in [-0.25, -0.2) is 4.98 Å². The number of aromatic nitrogens is 2. The van der Waals surface area contributed by atoms with E-state index in [1.807, 2.05) is 26.0 Å². The van der Waals surface area contributed by atoms with E-state index in [1.54, 1.807) is 16.3 Å². The van der Waals surface area contributed by atoms with E-state index in [2.05, 4.69) is 13.0 Å². The zero-order valence-corrected chi connectivity index (χ0v) is 16.8. The lowest BCUT2D eigenvalue weighted by molar-refractivity contribution is -0.0215. The molecule has 26 heavy (non-hydrogen) atoms. The van der Waals surface area contributed by atoms with E-state index in [9.17, 15) is 4.79 Å². The first kappa shape index (κ1) is 18.1. The summed E-state index contributed by atoms with van der Waals surface area (Å²) < 4.78 is 12.8.